The van der Waals surface area contributed by atoms with E-state index in [1.165, 1.54) is 50.8 Å². The quantitative estimate of drug-likeness (QED) is 0.911. The van der Waals surface area contributed by atoms with Crippen molar-refractivity contribution in [3.63, 3.8) is 0 Å². The van der Waals surface area contributed by atoms with Crippen LogP contribution in [0.15, 0.2) is 24.3 Å². The number of hydrogen-bond acceptors (Lipinski definition) is 2. The lowest BCUT2D eigenvalue weighted by atomic mass is 9.95. The van der Waals surface area contributed by atoms with Gasteiger partial charge in [-0.3, -0.25) is 9.69 Å². The van der Waals surface area contributed by atoms with Gasteiger partial charge in [-0.05, 0) is 55.8 Å². The summed E-state index contributed by atoms with van der Waals surface area (Å²) in [6.07, 6.45) is 8.75. The van der Waals surface area contributed by atoms with Gasteiger partial charge in [-0.15, -0.1) is 0 Å². The fourth-order valence-corrected chi connectivity index (χ4v) is 3.97. The molecule has 0 spiro atoms. The molecule has 3 nitrogen and oxygen atoms in total. The number of carbonyl (C=O) groups is 1. The van der Waals surface area contributed by atoms with Crippen LogP contribution in [0.25, 0.3) is 0 Å². The molecule has 1 unspecified atom stereocenters. The van der Waals surface area contributed by atoms with E-state index < -0.39 is 0 Å². The SMILES string of the molecule is CC1CCCN(Cc2ccc(C(=O)NC3CCCCC3)cc2)C1. The molecule has 1 heterocycles. The van der Waals surface area contributed by atoms with Crippen molar-refractivity contribution in [2.45, 2.75) is 64.5 Å². The zero-order chi connectivity index (χ0) is 16.1. The molecule has 1 aliphatic carbocycles. The highest BCUT2D eigenvalue weighted by Crippen LogP contribution is 2.19. The molecule has 1 N–H and O–H groups in total. The average molecular weight is 314 g/mol. The van der Waals surface area contributed by atoms with Gasteiger partial charge in [0, 0.05) is 24.7 Å². The molecular formula is C20H30N2O. The molecule has 3 heteroatoms. The van der Waals surface area contributed by atoms with Gasteiger partial charge in [-0.2, -0.15) is 0 Å². The minimum absolute atomic E-state index is 0.0926. The lowest BCUT2D eigenvalue weighted by Crippen LogP contribution is -2.36. The number of piperidine rings is 1. The van der Waals surface area contributed by atoms with E-state index in [0.717, 1.165) is 30.9 Å². The lowest BCUT2D eigenvalue weighted by Gasteiger charge is -2.30. The standard InChI is InChI=1S/C20H30N2O/c1-16-6-5-13-22(14-16)15-17-9-11-18(12-10-17)20(23)21-19-7-3-2-4-8-19/h9-12,16,19H,2-8,13-15H2,1H3,(H,21,23). The van der Waals surface area contributed by atoms with Crippen LogP contribution in [0.5, 0.6) is 0 Å². The fraction of sp³-hybridized carbons (Fsp3) is 0.650. The van der Waals surface area contributed by atoms with Gasteiger partial charge >= 0.3 is 0 Å². The monoisotopic (exact) mass is 314 g/mol. The van der Waals surface area contributed by atoms with Crippen molar-refractivity contribution in [1.82, 2.24) is 10.2 Å². The highest BCUT2D eigenvalue weighted by Gasteiger charge is 2.18. The third-order valence-electron chi connectivity index (χ3n) is 5.30. The Labute approximate surface area is 140 Å². The molecule has 1 saturated carbocycles. The maximum Gasteiger partial charge on any atom is 0.251 e. The third kappa shape index (κ3) is 4.81. The third-order valence-corrected chi connectivity index (χ3v) is 5.30. The molecule has 0 radical (unpaired) electrons. The highest BCUT2D eigenvalue weighted by atomic mass is 16.1. The van der Waals surface area contributed by atoms with Crippen LogP contribution in [0.2, 0.25) is 0 Å². The Bertz CT molecular complexity index is 505. The fourth-order valence-electron chi connectivity index (χ4n) is 3.97. The number of benzene rings is 1. The zero-order valence-electron chi connectivity index (χ0n) is 14.4. The largest absolute Gasteiger partial charge is 0.349 e. The maximum atomic E-state index is 12.3. The van der Waals surface area contributed by atoms with Crippen molar-refractivity contribution in [1.29, 1.82) is 0 Å². The Balaban J connectivity index is 1.52. The van der Waals surface area contributed by atoms with E-state index in [-0.39, 0.29) is 5.91 Å². The Morgan fingerprint density at radius 1 is 1.09 bits per heavy atom. The van der Waals surface area contributed by atoms with Gasteiger partial charge in [-0.25, -0.2) is 0 Å². The van der Waals surface area contributed by atoms with E-state index in [4.69, 9.17) is 0 Å². The number of likely N-dealkylation sites (tertiary alicyclic amines) is 1. The number of rotatable bonds is 4. The molecular weight excluding hydrogens is 284 g/mol. The molecule has 2 aliphatic rings. The van der Waals surface area contributed by atoms with E-state index in [1.54, 1.807) is 0 Å². The molecule has 23 heavy (non-hydrogen) atoms. The van der Waals surface area contributed by atoms with Gasteiger partial charge in [0.25, 0.3) is 5.91 Å². The highest BCUT2D eigenvalue weighted by molar-refractivity contribution is 5.94. The lowest BCUT2D eigenvalue weighted by molar-refractivity contribution is 0.0927. The van der Waals surface area contributed by atoms with Crippen molar-refractivity contribution in [3.05, 3.63) is 35.4 Å². The summed E-state index contributed by atoms with van der Waals surface area (Å²) < 4.78 is 0. The molecule has 1 atom stereocenters. The Morgan fingerprint density at radius 2 is 1.83 bits per heavy atom. The minimum Gasteiger partial charge on any atom is -0.349 e. The predicted octanol–water partition coefficient (Wildman–Crippen LogP) is 3.98. The summed E-state index contributed by atoms with van der Waals surface area (Å²) in [5.74, 6) is 0.902. The van der Waals surface area contributed by atoms with Crippen LogP contribution in [0, 0.1) is 5.92 Å². The number of carbonyl (C=O) groups excluding carboxylic acids is 1. The maximum absolute atomic E-state index is 12.3. The Morgan fingerprint density at radius 3 is 2.52 bits per heavy atom. The summed E-state index contributed by atoms with van der Waals surface area (Å²) in [5.41, 5.74) is 2.11. The van der Waals surface area contributed by atoms with Crippen molar-refractivity contribution in [2.75, 3.05) is 13.1 Å². The van der Waals surface area contributed by atoms with Crippen LogP contribution < -0.4 is 5.32 Å². The second-order valence-electron chi connectivity index (χ2n) is 7.49. The van der Waals surface area contributed by atoms with E-state index in [9.17, 15) is 4.79 Å². The first-order valence-corrected chi connectivity index (χ1v) is 9.33. The first kappa shape index (κ1) is 16.5. The number of amides is 1. The summed E-state index contributed by atoms with van der Waals surface area (Å²) >= 11 is 0. The van der Waals surface area contributed by atoms with Crippen molar-refractivity contribution in [2.24, 2.45) is 5.92 Å². The van der Waals surface area contributed by atoms with Crippen LogP contribution >= 0.6 is 0 Å². The summed E-state index contributed by atoms with van der Waals surface area (Å²) in [5, 5.41) is 3.19. The number of nitrogens with zero attached hydrogens (tertiary/aromatic N) is 1. The first-order chi connectivity index (χ1) is 11.2. The first-order valence-electron chi connectivity index (χ1n) is 9.33. The Kier molecular flexibility index (Phi) is 5.71. The van der Waals surface area contributed by atoms with E-state index >= 15 is 0 Å². The van der Waals surface area contributed by atoms with E-state index in [0.29, 0.717) is 6.04 Å². The van der Waals surface area contributed by atoms with Crippen LogP contribution in [-0.2, 0) is 6.54 Å². The summed E-state index contributed by atoms with van der Waals surface area (Å²) in [4.78, 5) is 14.9. The van der Waals surface area contributed by atoms with E-state index in [2.05, 4.69) is 29.3 Å². The molecule has 1 aromatic carbocycles. The number of hydrogen-bond donors (Lipinski definition) is 1. The predicted molar refractivity (Wildman–Crippen MR) is 94.5 cm³/mol. The molecule has 1 saturated heterocycles. The van der Waals surface area contributed by atoms with Crippen LogP contribution in [-0.4, -0.2) is 29.9 Å². The topological polar surface area (TPSA) is 32.3 Å². The molecule has 1 amide bonds. The van der Waals surface area contributed by atoms with Crippen LogP contribution in [0.4, 0.5) is 0 Å². The van der Waals surface area contributed by atoms with Crippen LogP contribution in [0.3, 0.4) is 0 Å². The molecule has 2 fully saturated rings. The molecule has 126 valence electrons. The average Bonchev–Trinajstić information content (AvgIpc) is 2.56. The van der Waals surface area contributed by atoms with Gasteiger partial charge in [0.05, 0.1) is 0 Å². The smallest absolute Gasteiger partial charge is 0.251 e. The minimum atomic E-state index is 0.0926. The van der Waals surface area contributed by atoms with Crippen molar-refractivity contribution < 1.29 is 4.79 Å². The molecule has 1 aromatic rings. The van der Waals surface area contributed by atoms with Crippen LogP contribution in [0.1, 0.15) is 67.8 Å². The second kappa shape index (κ2) is 7.96. The zero-order valence-corrected chi connectivity index (χ0v) is 14.4. The van der Waals surface area contributed by atoms with Crippen molar-refractivity contribution in [3.8, 4) is 0 Å². The molecule has 0 bridgehead atoms. The van der Waals surface area contributed by atoms with Gasteiger partial charge in [0.1, 0.15) is 0 Å². The van der Waals surface area contributed by atoms with Crippen molar-refractivity contribution >= 4 is 5.91 Å². The second-order valence-corrected chi connectivity index (χ2v) is 7.49. The van der Waals surface area contributed by atoms with Gasteiger partial charge in [-0.1, -0.05) is 38.3 Å². The van der Waals surface area contributed by atoms with E-state index in [1.807, 2.05) is 12.1 Å². The molecule has 3 rings (SSSR count). The molecule has 1 aliphatic heterocycles. The van der Waals surface area contributed by atoms with Gasteiger partial charge in [0.2, 0.25) is 0 Å². The summed E-state index contributed by atoms with van der Waals surface area (Å²) in [7, 11) is 0. The number of nitrogens with one attached hydrogen (secondary N) is 1. The van der Waals surface area contributed by atoms with Gasteiger partial charge in [0.15, 0.2) is 0 Å². The Hall–Kier alpha value is -1.35. The molecule has 0 aromatic heterocycles. The normalized spacial score (nSPS) is 23.6. The summed E-state index contributed by atoms with van der Waals surface area (Å²) in [6, 6.07) is 8.59. The summed E-state index contributed by atoms with van der Waals surface area (Å²) in [6.45, 7) is 5.75. The van der Waals surface area contributed by atoms with Gasteiger partial charge < -0.3 is 5.32 Å².